The van der Waals surface area contributed by atoms with Gasteiger partial charge in [0.1, 0.15) is 0 Å². The Morgan fingerprint density at radius 1 is 1.67 bits per heavy atom. The first-order chi connectivity index (χ1) is 6.93. The molecule has 1 rings (SSSR count). The molecule has 0 radical (unpaired) electrons. The van der Waals surface area contributed by atoms with Crippen molar-refractivity contribution in [2.45, 2.75) is 38.8 Å². The van der Waals surface area contributed by atoms with Crippen molar-refractivity contribution in [1.82, 2.24) is 5.32 Å². The molecule has 0 saturated carbocycles. The molecule has 88 valence electrons. The molecule has 0 aliphatic carbocycles. The normalized spacial score (nSPS) is 25.9. The molecular weight excluding hydrogens is 234 g/mol. The van der Waals surface area contributed by atoms with Gasteiger partial charge in [-0.05, 0) is 32.0 Å². The second-order valence-electron chi connectivity index (χ2n) is 3.87. The fourth-order valence-electron chi connectivity index (χ4n) is 1.38. The first-order valence-corrected chi connectivity index (χ1v) is 7.33. The van der Waals surface area contributed by atoms with Crippen LogP contribution in [-0.2, 0) is 14.6 Å². The summed E-state index contributed by atoms with van der Waals surface area (Å²) in [7, 11) is -2.85. The molecule has 1 aliphatic heterocycles. The highest BCUT2D eigenvalue weighted by atomic mass is 32.2. The molecule has 0 unspecified atom stereocenters. The molecule has 0 aromatic carbocycles. The van der Waals surface area contributed by atoms with Crippen molar-refractivity contribution < 1.29 is 13.2 Å². The molecule has 6 heteroatoms. The summed E-state index contributed by atoms with van der Waals surface area (Å²) in [6.45, 7) is 3.94. The van der Waals surface area contributed by atoms with Gasteiger partial charge in [-0.2, -0.15) is 0 Å². The van der Waals surface area contributed by atoms with Crippen molar-refractivity contribution in [2.75, 3.05) is 11.5 Å². The van der Waals surface area contributed by atoms with E-state index in [0.717, 1.165) is 6.42 Å². The quantitative estimate of drug-likeness (QED) is 0.754. The van der Waals surface area contributed by atoms with Gasteiger partial charge < -0.3 is 10.1 Å². The summed E-state index contributed by atoms with van der Waals surface area (Å²) in [4.78, 5) is 0. The SMILES string of the molecule is CC[C@@H](C)OC(=S)N[C@H]1CCS(=O)(=O)C1. The standard InChI is InChI=1S/C9H17NO3S2/c1-3-7(2)13-9(14)10-8-4-5-15(11,12)6-8/h7-8H,3-6H2,1-2H3,(H,10,14)/t7-,8+/m1/s1. The van der Waals surface area contributed by atoms with Gasteiger partial charge in [-0.15, -0.1) is 0 Å². The summed E-state index contributed by atoms with van der Waals surface area (Å²) in [6.07, 6.45) is 1.57. The highest BCUT2D eigenvalue weighted by molar-refractivity contribution is 7.91. The Balaban J connectivity index is 2.34. The van der Waals surface area contributed by atoms with Gasteiger partial charge in [-0.3, -0.25) is 0 Å². The molecule has 0 aromatic heterocycles. The lowest BCUT2D eigenvalue weighted by molar-refractivity contribution is 0.198. The molecule has 1 saturated heterocycles. The Bertz CT molecular complexity index is 326. The minimum atomic E-state index is -2.85. The van der Waals surface area contributed by atoms with Gasteiger partial charge in [-0.25, -0.2) is 8.42 Å². The van der Waals surface area contributed by atoms with Crippen LogP contribution in [-0.4, -0.2) is 37.2 Å². The summed E-state index contributed by atoms with van der Waals surface area (Å²) in [6, 6.07) is -0.0773. The van der Waals surface area contributed by atoms with Crippen LogP contribution in [0, 0.1) is 0 Å². The van der Waals surface area contributed by atoms with Crippen LogP contribution in [0.25, 0.3) is 0 Å². The van der Waals surface area contributed by atoms with E-state index in [2.05, 4.69) is 5.32 Å². The van der Waals surface area contributed by atoms with Crippen molar-refractivity contribution in [2.24, 2.45) is 0 Å². The van der Waals surface area contributed by atoms with E-state index in [4.69, 9.17) is 17.0 Å². The number of sulfone groups is 1. The summed E-state index contributed by atoms with van der Waals surface area (Å²) in [5.74, 6) is 0.410. The van der Waals surface area contributed by atoms with Crippen LogP contribution >= 0.6 is 12.2 Å². The third-order valence-corrected chi connectivity index (χ3v) is 4.42. The van der Waals surface area contributed by atoms with Gasteiger partial charge in [0.15, 0.2) is 9.84 Å². The highest BCUT2D eigenvalue weighted by Gasteiger charge is 2.28. The molecule has 0 amide bonds. The van der Waals surface area contributed by atoms with Crippen molar-refractivity contribution in [3.05, 3.63) is 0 Å². The number of nitrogens with one attached hydrogen (secondary N) is 1. The lowest BCUT2D eigenvalue weighted by atomic mass is 10.3. The van der Waals surface area contributed by atoms with Gasteiger partial charge in [0.05, 0.1) is 17.6 Å². The van der Waals surface area contributed by atoms with Crippen LogP contribution in [0.2, 0.25) is 0 Å². The van der Waals surface area contributed by atoms with E-state index in [1.807, 2.05) is 13.8 Å². The van der Waals surface area contributed by atoms with E-state index in [1.54, 1.807) is 0 Å². The van der Waals surface area contributed by atoms with E-state index < -0.39 is 9.84 Å². The lowest BCUT2D eigenvalue weighted by Gasteiger charge is -2.17. The molecule has 1 heterocycles. The van der Waals surface area contributed by atoms with Crippen molar-refractivity contribution >= 4 is 27.2 Å². The Morgan fingerprint density at radius 3 is 2.80 bits per heavy atom. The number of hydrogen-bond acceptors (Lipinski definition) is 4. The summed E-state index contributed by atoms with van der Waals surface area (Å²) >= 11 is 4.98. The monoisotopic (exact) mass is 251 g/mol. The third kappa shape index (κ3) is 4.34. The average Bonchev–Trinajstić information content (AvgIpc) is 2.44. The minimum absolute atomic E-state index is 0.0722. The molecule has 15 heavy (non-hydrogen) atoms. The van der Waals surface area contributed by atoms with E-state index in [-0.39, 0.29) is 23.7 Å². The predicted molar refractivity (Wildman–Crippen MR) is 63.6 cm³/mol. The zero-order valence-electron chi connectivity index (χ0n) is 9.02. The van der Waals surface area contributed by atoms with Crippen molar-refractivity contribution in [1.29, 1.82) is 0 Å². The van der Waals surface area contributed by atoms with Crippen molar-refractivity contribution in [3.8, 4) is 0 Å². The van der Waals surface area contributed by atoms with Crippen LogP contribution in [0.3, 0.4) is 0 Å². The van der Waals surface area contributed by atoms with Crippen LogP contribution in [0.1, 0.15) is 26.7 Å². The average molecular weight is 251 g/mol. The smallest absolute Gasteiger partial charge is 0.257 e. The van der Waals surface area contributed by atoms with Crippen LogP contribution in [0.15, 0.2) is 0 Å². The van der Waals surface area contributed by atoms with Crippen LogP contribution in [0.4, 0.5) is 0 Å². The molecule has 1 fully saturated rings. The fraction of sp³-hybridized carbons (Fsp3) is 0.889. The Hall–Kier alpha value is -0.360. The maximum Gasteiger partial charge on any atom is 0.257 e. The molecular formula is C9H17NO3S2. The minimum Gasteiger partial charge on any atom is -0.468 e. The molecule has 1 aliphatic rings. The first-order valence-electron chi connectivity index (χ1n) is 5.10. The third-order valence-electron chi connectivity index (χ3n) is 2.44. The van der Waals surface area contributed by atoms with Gasteiger partial charge in [-0.1, -0.05) is 6.92 Å². The highest BCUT2D eigenvalue weighted by Crippen LogP contribution is 2.11. The zero-order chi connectivity index (χ0) is 11.5. The summed E-state index contributed by atoms with van der Waals surface area (Å²) < 4.78 is 27.7. The topological polar surface area (TPSA) is 55.4 Å². The summed E-state index contributed by atoms with van der Waals surface area (Å²) in [5.41, 5.74) is 0. The number of ether oxygens (including phenoxy) is 1. The van der Waals surface area contributed by atoms with Crippen LogP contribution in [0.5, 0.6) is 0 Å². The maximum atomic E-state index is 11.2. The molecule has 0 spiro atoms. The van der Waals surface area contributed by atoms with E-state index in [9.17, 15) is 8.42 Å². The van der Waals surface area contributed by atoms with E-state index in [0.29, 0.717) is 11.6 Å². The van der Waals surface area contributed by atoms with E-state index in [1.165, 1.54) is 0 Å². The molecule has 2 atom stereocenters. The van der Waals surface area contributed by atoms with Crippen LogP contribution < -0.4 is 5.32 Å². The second-order valence-corrected chi connectivity index (χ2v) is 6.47. The Kier molecular flexibility index (Phi) is 4.33. The van der Waals surface area contributed by atoms with Gasteiger partial charge in [0.2, 0.25) is 0 Å². The fourth-order valence-corrected chi connectivity index (χ4v) is 3.38. The largest absolute Gasteiger partial charge is 0.468 e. The Morgan fingerprint density at radius 2 is 2.33 bits per heavy atom. The number of rotatable bonds is 3. The lowest BCUT2D eigenvalue weighted by Crippen LogP contribution is -2.37. The molecule has 0 bridgehead atoms. The maximum absolute atomic E-state index is 11.2. The second kappa shape index (κ2) is 5.12. The van der Waals surface area contributed by atoms with Gasteiger partial charge in [0, 0.05) is 6.04 Å². The van der Waals surface area contributed by atoms with E-state index >= 15 is 0 Å². The Labute approximate surface area is 96.3 Å². The number of hydrogen-bond donors (Lipinski definition) is 1. The molecule has 4 nitrogen and oxygen atoms in total. The van der Waals surface area contributed by atoms with Gasteiger partial charge >= 0.3 is 0 Å². The van der Waals surface area contributed by atoms with Crippen molar-refractivity contribution in [3.63, 3.8) is 0 Å². The number of thiocarbonyl (C=S) groups is 1. The zero-order valence-corrected chi connectivity index (χ0v) is 10.7. The summed E-state index contributed by atoms with van der Waals surface area (Å²) in [5, 5.41) is 3.24. The first kappa shape index (κ1) is 12.7. The van der Waals surface area contributed by atoms with Gasteiger partial charge in [0.25, 0.3) is 5.17 Å². The predicted octanol–water partition coefficient (Wildman–Crippen LogP) is 0.863. The molecule has 1 N–H and O–H groups in total. The molecule has 0 aromatic rings.